The molecule has 0 heterocycles. The molecule has 0 aliphatic carbocycles. The third-order valence-electron chi connectivity index (χ3n) is 3.57. The van der Waals surface area contributed by atoms with Gasteiger partial charge in [0.2, 0.25) is 5.91 Å². The molecule has 24 heavy (non-hydrogen) atoms. The normalized spacial score (nSPS) is 13.0. The third kappa shape index (κ3) is 5.88. The Kier molecular flexibility index (Phi) is 7.19. The minimum atomic E-state index is -1.19. The number of rotatable bonds is 8. The van der Waals surface area contributed by atoms with Crippen LogP contribution in [-0.4, -0.2) is 47.3 Å². The largest absolute Gasteiger partial charge is 0.508 e. The fourth-order valence-electron chi connectivity index (χ4n) is 2.14. The number of methoxy groups -OCH3 is 1. The Bertz CT molecular complexity index is 617. The summed E-state index contributed by atoms with van der Waals surface area (Å²) < 4.78 is 4.69. The van der Waals surface area contributed by atoms with Crippen LogP contribution < -0.4 is 11.1 Å². The number of aliphatic carboxylic acids is 1. The number of aryl methyl sites for hydroxylation is 1. The van der Waals surface area contributed by atoms with E-state index in [9.17, 15) is 19.5 Å². The van der Waals surface area contributed by atoms with E-state index >= 15 is 0 Å². The zero-order chi connectivity index (χ0) is 18.3. The number of benzene rings is 1. The SMILES string of the molecule is COC(=O)[C@H](Cc1ccc(O)cc1C)NC(=O)CCC(N)C(=O)O. The van der Waals surface area contributed by atoms with Crippen molar-refractivity contribution in [2.24, 2.45) is 5.73 Å². The number of carbonyl (C=O) groups is 3. The van der Waals surface area contributed by atoms with E-state index in [1.54, 1.807) is 19.1 Å². The first kappa shape index (κ1) is 19.4. The van der Waals surface area contributed by atoms with Crippen LogP contribution in [0.15, 0.2) is 18.2 Å². The molecule has 1 aromatic rings. The van der Waals surface area contributed by atoms with E-state index < -0.39 is 29.9 Å². The van der Waals surface area contributed by atoms with Crippen molar-refractivity contribution in [2.75, 3.05) is 7.11 Å². The number of carbonyl (C=O) groups excluding carboxylic acids is 2. The highest BCUT2D eigenvalue weighted by atomic mass is 16.5. The van der Waals surface area contributed by atoms with Gasteiger partial charge in [0.05, 0.1) is 7.11 Å². The molecule has 0 aromatic heterocycles. The van der Waals surface area contributed by atoms with Crippen LogP contribution in [0.3, 0.4) is 0 Å². The van der Waals surface area contributed by atoms with Gasteiger partial charge in [-0.1, -0.05) is 6.07 Å². The molecule has 8 nitrogen and oxygen atoms in total. The standard InChI is InChI=1S/C16H22N2O6/c1-9-7-11(19)4-3-10(9)8-13(16(23)24-2)18-14(20)6-5-12(17)15(21)22/h3-4,7,12-13,19H,5-6,8,17H2,1-2H3,(H,18,20)(H,21,22)/t12?,13-/m0/s1. The van der Waals surface area contributed by atoms with Gasteiger partial charge in [-0.25, -0.2) is 4.79 Å². The molecule has 0 aliphatic rings. The van der Waals surface area contributed by atoms with Gasteiger partial charge in [0.25, 0.3) is 0 Å². The Morgan fingerprint density at radius 3 is 2.54 bits per heavy atom. The molecular formula is C16H22N2O6. The van der Waals surface area contributed by atoms with Crippen LogP contribution in [0.1, 0.15) is 24.0 Å². The van der Waals surface area contributed by atoms with Crippen LogP contribution in [0.25, 0.3) is 0 Å². The van der Waals surface area contributed by atoms with Crippen molar-refractivity contribution in [3.05, 3.63) is 29.3 Å². The van der Waals surface area contributed by atoms with E-state index in [1.807, 2.05) is 0 Å². The number of nitrogens with two attached hydrogens (primary N) is 1. The number of phenols is 1. The smallest absolute Gasteiger partial charge is 0.328 e. The third-order valence-corrected chi connectivity index (χ3v) is 3.57. The molecule has 5 N–H and O–H groups in total. The summed E-state index contributed by atoms with van der Waals surface area (Å²) in [5.41, 5.74) is 6.88. The van der Waals surface area contributed by atoms with E-state index in [0.717, 1.165) is 11.1 Å². The molecule has 1 unspecified atom stereocenters. The molecule has 0 fully saturated rings. The van der Waals surface area contributed by atoms with Crippen LogP contribution in [0.4, 0.5) is 0 Å². The Morgan fingerprint density at radius 2 is 2.00 bits per heavy atom. The highest BCUT2D eigenvalue weighted by Crippen LogP contribution is 2.17. The van der Waals surface area contributed by atoms with Crippen LogP contribution in [0, 0.1) is 6.92 Å². The van der Waals surface area contributed by atoms with E-state index in [2.05, 4.69) is 5.32 Å². The second-order valence-electron chi connectivity index (χ2n) is 5.44. The van der Waals surface area contributed by atoms with Crippen molar-refractivity contribution in [2.45, 2.75) is 38.3 Å². The lowest BCUT2D eigenvalue weighted by atomic mass is 10.0. The van der Waals surface area contributed by atoms with Gasteiger partial charge >= 0.3 is 11.9 Å². The molecule has 132 valence electrons. The minimum Gasteiger partial charge on any atom is -0.508 e. The molecule has 0 saturated heterocycles. The summed E-state index contributed by atoms with van der Waals surface area (Å²) in [6, 6.07) is 2.66. The van der Waals surface area contributed by atoms with Crippen molar-refractivity contribution in [3.8, 4) is 5.75 Å². The molecule has 8 heteroatoms. The quantitative estimate of drug-likeness (QED) is 0.493. The lowest BCUT2D eigenvalue weighted by molar-refractivity contribution is -0.145. The Hall–Kier alpha value is -2.61. The molecule has 2 atom stereocenters. The number of hydrogen-bond donors (Lipinski definition) is 4. The van der Waals surface area contributed by atoms with Crippen molar-refractivity contribution in [3.63, 3.8) is 0 Å². The predicted octanol–water partition coefficient (Wildman–Crippen LogP) is 0.0930. The molecule has 1 rings (SSSR count). The first-order valence-electron chi connectivity index (χ1n) is 7.38. The van der Waals surface area contributed by atoms with E-state index in [1.165, 1.54) is 13.2 Å². The fourth-order valence-corrected chi connectivity index (χ4v) is 2.14. The zero-order valence-electron chi connectivity index (χ0n) is 13.6. The van der Waals surface area contributed by atoms with Crippen molar-refractivity contribution >= 4 is 17.8 Å². The molecule has 0 saturated carbocycles. The zero-order valence-corrected chi connectivity index (χ0v) is 13.6. The molecule has 1 amide bonds. The summed E-state index contributed by atoms with van der Waals surface area (Å²) in [5.74, 6) is -2.18. The van der Waals surface area contributed by atoms with Crippen LogP contribution in [-0.2, 0) is 25.5 Å². The topological polar surface area (TPSA) is 139 Å². The number of nitrogens with one attached hydrogen (secondary N) is 1. The average molecular weight is 338 g/mol. The summed E-state index contributed by atoms with van der Waals surface area (Å²) in [5, 5.41) is 20.6. The number of ether oxygens (including phenoxy) is 1. The first-order chi connectivity index (χ1) is 11.2. The summed E-state index contributed by atoms with van der Waals surface area (Å²) in [6.45, 7) is 1.77. The fraction of sp³-hybridized carbons (Fsp3) is 0.438. The van der Waals surface area contributed by atoms with Gasteiger partial charge in [-0.3, -0.25) is 9.59 Å². The van der Waals surface area contributed by atoms with Gasteiger partial charge in [-0.05, 0) is 36.6 Å². The molecule has 0 radical (unpaired) electrons. The number of carboxylic acids is 1. The number of amides is 1. The van der Waals surface area contributed by atoms with E-state index in [-0.39, 0.29) is 25.0 Å². The van der Waals surface area contributed by atoms with Gasteiger partial charge in [0.1, 0.15) is 17.8 Å². The lowest BCUT2D eigenvalue weighted by Gasteiger charge is -2.18. The van der Waals surface area contributed by atoms with Gasteiger partial charge in [-0.15, -0.1) is 0 Å². The van der Waals surface area contributed by atoms with Crippen LogP contribution in [0.5, 0.6) is 5.75 Å². The summed E-state index contributed by atoms with van der Waals surface area (Å²) in [7, 11) is 1.21. The molecule has 1 aromatic carbocycles. The molecule has 0 bridgehead atoms. The predicted molar refractivity (Wildman–Crippen MR) is 85.3 cm³/mol. The van der Waals surface area contributed by atoms with Crippen molar-refractivity contribution in [1.29, 1.82) is 0 Å². The average Bonchev–Trinajstić information content (AvgIpc) is 2.53. The van der Waals surface area contributed by atoms with E-state index in [0.29, 0.717) is 0 Å². The van der Waals surface area contributed by atoms with Gasteiger partial charge in [0.15, 0.2) is 0 Å². The minimum absolute atomic E-state index is 0.0344. The summed E-state index contributed by atoms with van der Waals surface area (Å²) in [4.78, 5) is 34.4. The van der Waals surface area contributed by atoms with Gasteiger partial charge in [0, 0.05) is 12.8 Å². The number of phenolic OH excluding ortho intramolecular Hbond substituents is 1. The van der Waals surface area contributed by atoms with Gasteiger partial charge in [-0.2, -0.15) is 0 Å². The Morgan fingerprint density at radius 1 is 1.33 bits per heavy atom. The maximum Gasteiger partial charge on any atom is 0.328 e. The lowest BCUT2D eigenvalue weighted by Crippen LogP contribution is -2.43. The molecular weight excluding hydrogens is 316 g/mol. The number of carboxylic acid groups (broad SMARTS) is 1. The Balaban J connectivity index is 2.73. The van der Waals surface area contributed by atoms with Gasteiger partial charge < -0.3 is 26.0 Å². The summed E-state index contributed by atoms with van der Waals surface area (Å²) in [6.07, 6.45) is 0.0400. The number of aromatic hydroxyl groups is 1. The maximum absolute atomic E-state index is 11.9. The summed E-state index contributed by atoms with van der Waals surface area (Å²) >= 11 is 0. The van der Waals surface area contributed by atoms with Crippen LogP contribution >= 0.6 is 0 Å². The highest BCUT2D eigenvalue weighted by Gasteiger charge is 2.23. The van der Waals surface area contributed by atoms with Crippen molar-refractivity contribution in [1.82, 2.24) is 5.32 Å². The molecule has 0 spiro atoms. The highest BCUT2D eigenvalue weighted by molar-refractivity contribution is 5.85. The monoisotopic (exact) mass is 338 g/mol. The van der Waals surface area contributed by atoms with Crippen molar-refractivity contribution < 1.29 is 29.3 Å². The Labute approximate surface area is 139 Å². The second kappa shape index (κ2) is 8.88. The van der Waals surface area contributed by atoms with E-state index in [4.69, 9.17) is 15.6 Å². The molecule has 0 aliphatic heterocycles. The number of esters is 1. The van der Waals surface area contributed by atoms with Crippen LogP contribution in [0.2, 0.25) is 0 Å². The second-order valence-corrected chi connectivity index (χ2v) is 5.44. The first-order valence-corrected chi connectivity index (χ1v) is 7.38. The maximum atomic E-state index is 11.9. The number of hydrogen-bond acceptors (Lipinski definition) is 6.